The van der Waals surface area contributed by atoms with Crippen molar-refractivity contribution >= 4 is 23.4 Å². The van der Waals surface area contributed by atoms with E-state index in [9.17, 15) is 19.5 Å². The summed E-state index contributed by atoms with van der Waals surface area (Å²) in [7, 11) is 2.33. The Morgan fingerprint density at radius 1 is 1.17 bits per heavy atom. The third-order valence-corrected chi connectivity index (χ3v) is 3.50. The number of aromatic hydroxyl groups is 1. The van der Waals surface area contributed by atoms with Gasteiger partial charge in [0.1, 0.15) is 18.2 Å². The van der Waals surface area contributed by atoms with Crippen LogP contribution in [0.1, 0.15) is 17.3 Å². The molecule has 0 fully saturated rings. The van der Waals surface area contributed by atoms with Crippen molar-refractivity contribution in [3.05, 3.63) is 35.0 Å². The Hall–Kier alpha value is -2.87. The molecule has 0 unspecified atom stereocenters. The van der Waals surface area contributed by atoms with E-state index in [0.29, 0.717) is 0 Å². The first-order chi connectivity index (χ1) is 11.4. The van der Waals surface area contributed by atoms with E-state index in [2.05, 4.69) is 4.74 Å². The first-order valence-electron chi connectivity index (χ1n) is 7.00. The third-order valence-electron chi connectivity index (χ3n) is 3.50. The summed E-state index contributed by atoms with van der Waals surface area (Å²) in [4.78, 5) is 37.3. The summed E-state index contributed by atoms with van der Waals surface area (Å²) in [5, 5.41) is 10.2. The van der Waals surface area contributed by atoms with Gasteiger partial charge in [-0.2, -0.15) is 0 Å². The fourth-order valence-electron chi connectivity index (χ4n) is 2.42. The minimum atomic E-state index is -0.809. The molecule has 2 rings (SSSR count). The number of carbonyl (C=O) groups is 3. The molecule has 0 saturated carbocycles. The minimum Gasteiger partial charge on any atom is -0.506 e. The number of methoxy groups -OCH3 is 2. The van der Waals surface area contributed by atoms with Gasteiger partial charge in [-0.05, 0) is 19.1 Å². The van der Waals surface area contributed by atoms with Gasteiger partial charge in [-0.25, -0.2) is 9.59 Å². The van der Waals surface area contributed by atoms with Crippen molar-refractivity contribution < 1.29 is 33.7 Å². The van der Waals surface area contributed by atoms with Crippen LogP contribution in [-0.4, -0.2) is 50.4 Å². The van der Waals surface area contributed by atoms with Crippen molar-refractivity contribution in [1.82, 2.24) is 0 Å². The molecular weight excluding hydrogens is 318 g/mol. The summed E-state index contributed by atoms with van der Waals surface area (Å²) in [6, 6.07) is 4.37. The predicted molar refractivity (Wildman–Crippen MR) is 82.5 cm³/mol. The van der Waals surface area contributed by atoms with E-state index >= 15 is 0 Å². The van der Waals surface area contributed by atoms with Crippen molar-refractivity contribution in [1.29, 1.82) is 0 Å². The van der Waals surface area contributed by atoms with Crippen LogP contribution in [0.5, 0.6) is 5.75 Å². The van der Waals surface area contributed by atoms with Crippen molar-refractivity contribution in [3.8, 4) is 5.75 Å². The number of anilines is 1. The maximum atomic E-state index is 12.2. The normalized spacial score (nSPS) is 14.4. The Bertz CT molecular complexity index is 723. The Balaban J connectivity index is 2.71. The molecule has 0 atom stereocenters. The largest absolute Gasteiger partial charge is 0.506 e. The molecule has 24 heavy (non-hydrogen) atoms. The summed E-state index contributed by atoms with van der Waals surface area (Å²) in [5.41, 5.74) is 0.0329. The van der Waals surface area contributed by atoms with E-state index in [1.54, 1.807) is 0 Å². The summed E-state index contributed by atoms with van der Waals surface area (Å²) in [6.07, 6.45) is 0. The SMILES string of the molecule is COC(=O)C1=C(C(=O)OC)N(c2c(O)cccc2C(C)=O)COC1. The minimum absolute atomic E-state index is 0.0616. The smallest absolute Gasteiger partial charge is 0.355 e. The molecule has 1 heterocycles. The molecule has 1 aliphatic heterocycles. The number of Topliss-reactive ketones (excluding diaryl/α,β-unsaturated/α-hetero) is 1. The first-order valence-corrected chi connectivity index (χ1v) is 7.00. The quantitative estimate of drug-likeness (QED) is 0.642. The lowest BCUT2D eigenvalue weighted by molar-refractivity contribution is -0.140. The summed E-state index contributed by atoms with van der Waals surface area (Å²) < 4.78 is 14.7. The molecule has 0 aromatic heterocycles. The number of nitrogens with zero attached hydrogens (tertiary/aromatic N) is 1. The molecule has 8 nitrogen and oxygen atoms in total. The van der Waals surface area contributed by atoms with Crippen LogP contribution in [0.15, 0.2) is 29.5 Å². The number of esters is 2. The fraction of sp³-hybridized carbons (Fsp3) is 0.312. The van der Waals surface area contributed by atoms with Crippen molar-refractivity contribution in [2.45, 2.75) is 6.92 Å². The molecule has 0 bridgehead atoms. The van der Waals surface area contributed by atoms with Gasteiger partial charge >= 0.3 is 11.9 Å². The highest BCUT2D eigenvalue weighted by Crippen LogP contribution is 2.36. The van der Waals surface area contributed by atoms with E-state index in [0.717, 1.165) is 7.11 Å². The highest BCUT2D eigenvalue weighted by atomic mass is 16.5. The van der Waals surface area contributed by atoms with Gasteiger partial charge in [0.05, 0.1) is 32.1 Å². The molecule has 0 spiro atoms. The number of hydrogen-bond acceptors (Lipinski definition) is 8. The van der Waals surface area contributed by atoms with Crippen molar-refractivity contribution in [2.75, 3.05) is 32.5 Å². The Morgan fingerprint density at radius 2 is 1.83 bits per heavy atom. The maximum absolute atomic E-state index is 12.2. The molecule has 8 heteroatoms. The molecule has 1 aromatic carbocycles. The molecule has 1 N–H and O–H groups in total. The first kappa shape index (κ1) is 17.5. The lowest BCUT2D eigenvalue weighted by Gasteiger charge is -2.32. The third kappa shape index (κ3) is 3.09. The van der Waals surface area contributed by atoms with Crippen LogP contribution in [0, 0.1) is 0 Å². The van der Waals surface area contributed by atoms with Gasteiger partial charge in [0.25, 0.3) is 0 Å². The summed E-state index contributed by atoms with van der Waals surface area (Å²) in [6.45, 7) is 1.02. The Labute approximate surface area is 138 Å². The average Bonchev–Trinajstić information content (AvgIpc) is 2.59. The highest BCUT2D eigenvalue weighted by Gasteiger charge is 2.34. The van der Waals surface area contributed by atoms with Crippen LogP contribution >= 0.6 is 0 Å². The standard InChI is InChI=1S/C16H17NO7/c1-9(18)10-5-4-6-12(19)13(10)17-8-24-7-11(15(20)22-2)14(17)16(21)23-3/h4-6,19H,7-8H2,1-3H3. The van der Waals surface area contributed by atoms with Gasteiger partial charge in [0, 0.05) is 5.56 Å². The lowest BCUT2D eigenvalue weighted by Crippen LogP contribution is -2.39. The van der Waals surface area contributed by atoms with Crippen LogP contribution in [0.4, 0.5) is 5.69 Å². The van der Waals surface area contributed by atoms with Crippen LogP contribution in [0.25, 0.3) is 0 Å². The molecule has 1 aromatic rings. The van der Waals surface area contributed by atoms with Crippen molar-refractivity contribution in [3.63, 3.8) is 0 Å². The number of ketones is 1. The van der Waals surface area contributed by atoms with Gasteiger partial charge in [-0.1, -0.05) is 6.07 Å². The van der Waals surface area contributed by atoms with Gasteiger partial charge in [0.15, 0.2) is 5.78 Å². The van der Waals surface area contributed by atoms with E-state index in [4.69, 9.17) is 9.47 Å². The van der Waals surface area contributed by atoms with Crippen LogP contribution in [0.2, 0.25) is 0 Å². The molecule has 0 saturated heterocycles. The molecule has 0 radical (unpaired) electrons. The van der Waals surface area contributed by atoms with Gasteiger partial charge in [-0.3, -0.25) is 4.79 Å². The topological polar surface area (TPSA) is 102 Å². The monoisotopic (exact) mass is 335 g/mol. The number of benzene rings is 1. The predicted octanol–water partition coefficient (Wildman–Crippen LogP) is 0.989. The number of ether oxygens (including phenoxy) is 3. The molecule has 0 aliphatic carbocycles. The second kappa shape index (κ2) is 7.14. The number of rotatable bonds is 4. The second-order valence-electron chi connectivity index (χ2n) is 4.95. The molecule has 0 amide bonds. The molecular formula is C16H17NO7. The zero-order valence-electron chi connectivity index (χ0n) is 13.5. The lowest BCUT2D eigenvalue weighted by atomic mass is 10.1. The van der Waals surface area contributed by atoms with Crippen LogP contribution < -0.4 is 4.90 Å². The number of para-hydroxylation sites is 1. The zero-order valence-corrected chi connectivity index (χ0v) is 13.5. The number of carbonyl (C=O) groups excluding carboxylic acids is 3. The van der Waals surface area contributed by atoms with Gasteiger partial charge in [0.2, 0.25) is 0 Å². The summed E-state index contributed by atoms with van der Waals surface area (Å²) in [5.74, 6) is -2.13. The maximum Gasteiger partial charge on any atom is 0.355 e. The Morgan fingerprint density at radius 3 is 2.42 bits per heavy atom. The summed E-state index contributed by atoms with van der Waals surface area (Å²) >= 11 is 0. The van der Waals surface area contributed by atoms with E-state index in [1.165, 1.54) is 37.1 Å². The molecule has 128 valence electrons. The second-order valence-corrected chi connectivity index (χ2v) is 4.95. The Kier molecular flexibility index (Phi) is 5.20. The number of phenolic OH excluding ortho intramolecular Hbond substituents is 1. The number of hydrogen-bond donors (Lipinski definition) is 1. The van der Waals surface area contributed by atoms with Crippen LogP contribution in [0.3, 0.4) is 0 Å². The van der Waals surface area contributed by atoms with Crippen molar-refractivity contribution in [2.24, 2.45) is 0 Å². The highest BCUT2D eigenvalue weighted by molar-refractivity contribution is 6.07. The fourth-order valence-corrected chi connectivity index (χ4v) is 2.42. The molecule has 1 aliphatic rings. The zero-order chi connectivity index (χ0) is 17.9. The van der Waals surface area contributed by atoms with E-state index < -0.39 is 11.9 Å². The van der Waals surface area contributed by atoms with E-state index in [-0.39, 0.29) is 47.4 Å². The van der Waals surface area contributed by atoms with Crippen LogP contribution in [-0.2, 0) is 23.8 Å². The number of phenols is 1. The van der Waals surface area contributed by atoms with Gasteiger partial charge < -0.3 is 24.2 Å². The average molecular weight is 335 g/mol. The van der Waals surface area contributed by atoms with E-state index in [1.807, 2.05) is 0 Å². The van der Waals surface area contributed by atoms with Gasteiger partial charge in [-0.15, -0.1) is 0 Å².